The molecule has 0 amide bonds. The van der Waals surface area contributed by atoms with Crippen LogP contribution in [0.25, 0.3) is 0 Å². The zero-order valence-electron chi connectivity index (χ0n) is 6.81. The Labute approximate surface area is 70.0 Å². The summed E-state index contributed by atoms with van der Waals surface area (Å²) < 4.78 is 0. The highest BCUT2D eigenvalue weighted by Gasteiger charge is 1.87. The molecular weight excluding hydrogens is 158 g/mol. The van der Waals surface area contributed by atoms with Gasteiger partial charge in [0.2, 0.25) is 0 Å². The van der Waals surface area contributed by atoms with Crippen molar-refractivity contribution in [3.63, 3.8) is 0 Å². The molecule has 0 radical (unpaired) electrons. The average Bonchev–Trinajstić information content (AvgIpc) is 1.97. The first kappa shape index (κ1) is 10.9. The van der Waals surface area contributed by atoms with Gasteiger partial charge in [0.05, 0.1) is 0 Å². The number of rotatable bonds is 7. The fraction of sp³-hybridized carbons (Fsp3) is 1.00. The third-order valence-electron chi connectivity index (χ3n) is 1.66. The van der Waals surface area contributed by atoms with Crippen LogP contribution in [0, 0.1) is 0 Å². The predicted octanol–water partition coefficient (Wildman–Crippen LogP) is 3.08. The van der Waals surface area contributed by atoms with Gasteiger partial charge in [0, 0.05) is 0 Å². The minimum Gasteiger partial charge on any atom is -0.138 e. The van der Waals surface area contributed by atoms with Crippen LogP contribution in [0.1, 0.15) is 38.5 Å². The Bertz CT molecular complexity index is 47.2. The lowest BCUT2D eigenvalue weighted by Gasteiger charge is -1.97. The molecule has 0 aromatic rings. The van der Waals surface area contributed by atoms with E-state index in [0.717, 1.165) is 0 Å². The molecule has 2 atom stereocenters. The van der Waals surface area contributed by atoms with Gasteiger partial charge < -0.3 is 0 Å². The van der Waals surface area contributed by atoms with E-state index in [0.29, 0.717) is 0 Å². The number of unbranched alkanes of at least 4 members (excludes halogenated alkanes) is 5. The van der Waals surface area contributed by atoms with E-state index in [2.05, 4.69) is 18.5 Å². The Morgan fingerprint density at radius 3 is 1.10 bits per heavy atom. The van der Waals surface area contributed by atoms with E-state index < -0.39 is 0 Å². The topological polar surface area (TPSA) is 0 Å². The Morgan fingerprint density at radius 1 is 0.500 bits per heavy atom. The summed E-state index contributed by atoms with van der Waals surface area (Å²) in [5.41, 5.74) is 0. The SMILES string of the molecule is PCCCCCCCCP. The Balaban J connectivity index is 2.65. The summed E-state index contributed by atoms with van der Waals surface area (Å²) in [4.78, 5) is 0. The van der Waals surface area contributed by atoms with Crippen LogP contribution in [0.2, 0.25) is 0 Å². The maximum atomic E-state index is 2.78. The lowest BCUT2D eigenvalue weighted by atomic mass is 10.1. The van der Waals surface area contributed by atoms with E-state index in [4.69, 9.17) is 0 Å². The van der Waals surface area contributed by atoms with Crippen LogP contribution in [0.15, 0.2) is 0 Å². The van der Waals surface area contributed by atoms with Crippen molar-refractivity contribution in [3.05, 3.63) is 0 Å². The number of hydrogen-bond donors (Lipinski definition) is 0. The smallest absolute Gasteiger partial charge is 0.0381 e. The standard InChI is InChI=1S/C8H20P2/c9-7-5-3-1-2-4-6-8-10/h1-10H2. The molecular formula is C8H20P2. The molecule has 2 unspecified atom stereocenters. The van der Waals surface area contributed by atoms with Crippen LogP contribution >= 0.6 is 18.5 Å². The van der Waals surface area contributed by atoms with Gasteiger partial charge in [-0.3, -0.25) is 0 Å². The van der Waals surface area contributed by atoms with Gasteiger partial charge in [-0.05, 0) is 25.2 Å². The highest BCUT2D eigenvalue weighted by atomic mass is 31.0. The molecule has 0 fully saturated rings. The molecule has 0 N–H and O–H groups in total. The largest absolute Gasteiger partial charge is 0.138 e. The monoisotopic (exact) mass is 178 g/mol. The molecule has 0 spiro atoms. The molecule has 0 rings (SSSR count). The third-order valence-corrected chi connectivity index (χ3v) is 2.47. The Kier molecular flexibility index (Phi) is 10.7. The van der Waals surface area contributed by atoms with Gasteiger partial charge in [-0.2, -0.15) is 0 Å². The fourth-order valence-corrected chi connectivity index (χ4v) is 1.57. The summed E-state index contributed by atoms with van der Waals surface area (Å²) in [6.07, 6.45) is 11.1. The summed E-state index contributed by atoms with van der Waals surface area (Å²) >= 11 is 0. The summed E-state index contributed by atoms with van der Waals surface area (Å²) in [5.74, 6) is 0. The summed E-state index contributed by atoms with van der Waals surface area (Å²) in [5, 5.41) is 0. The first-order valence-corrected chi connectivity index (χ1v) is 5.95. The van der Waals surface area contributed by atoms with Gasteiger partial charge in [-0.1, -0.05) is 25.7 Å². The van der Waals surface area contributed by atoms with Crippen LogP contribution in [0.3, 0.4) is 0 Å². The molecule has 0 nitrogen and oxygen atoms in total. The minimum absolute atomic E-state index is 1.28. The molecule has 0 bridgehead atoms. The Hall–Kier alpha value is 0.860. The van der Waals surface area contributed by atoms with Crippen molar-refractivity contribution in [1.29, 1.82) is 0 Å². The van der Waals surface area contributed by atoms with Crippen molar-refractivity contribution in [1.82, 2.24) is 0 Å². The van der Waals surface area contributed by atoms with Gasteiger partial charge in [-0.25, -0.2) is 0 Å². The van der Waals surface area contributed by atoms with Crippen LogP contribution in [-0.4, -0.2) is 12.3 Å². The van der Waals surface area contributed by atoms with Crippen LogP contribution in [0.4, 0.5) is 0 Å². The molecule has 0 aliphatic carbocycles. The Morgan fingerprint density at radius 2 is 0.800 bits per heavy atom. The van der Waals surface area contributed by atoms with Crippen LogP contribution in [-0.2, 0) is 0 Å². The predicted molar refractivity (Wildman–Crippen MR) is 56.9 cm³/mol. The zero-order valence-corrected chi connectivity index (χ0v) is 9.12. The summed E-state index contributed by atoms with van der Waals surface area (Å²) in [6.45, 7) is 0. The second kappa shape index (κ2) is 9.86. The molecule has 10 heavy (non-hydrogen) atoms. The molecule has 2 heteroatoms. The third kappa shape index (κ3) is 8.86. The quantitative estimate of drug-likeness (QED) is 0.415. The maximum Gasteiger partial charge on any atom is -0.0381 e. The summed E-state index contributed by atoms with van der Waals surface area (Å²) in [6, 6.07) is 0. The highest BCUT2D eigenvalue weighted by Crippen LogP contribution is 2.07. The molecule has 0 aliphatic rings. The maximum absolute atomic E-state index is 2.78. The van der Waals surface area contributed by atoms with E-state index in [-0.39, 0.29) is 0 Å². The summed E-state index contributed by atoms with van der Waals surface area (Å²) in [7, 11) is 5.57. The average molecular weight is 178 g/mol. The second-order valence-electron chi connectivity index (χ2n) is 2.70. The first-order valence-electron chi connectivity index (χ1n) is 4.32. The first-order chi connectivity index (χ1) is 4.91. The van der Waals surface area contributed by atoms with Crippen molar-refractivity contribution in [2.45, 2.75) is 38.5 Å². The van der Waals surface area contributed by atoms with Crippen molar-refractivity contribution in [2.24, 2.45) is 0 Å². The van der Waals surface area contributed by atoms with Gasteiger partial charge in [0.25, 0.3) is 0 Å². The normalized spacial score (nSPS) is 10.2. The van der Waals surface area contributed by atoms with Crippen molar-refractivity contribution >= 4 is 18.5 Å². The van der Waals surface area contributed by atoms with Crippen molar-refractivity contribution in [3.8, 4) is 0 Å². The second-order valence-corrected chi connectivity index (χ2v) is 3.85. The highest BCUT2D eigenvalue weighted by molar-refractivity contribution is 7.16. The van der Waals surface area contributed by atoms with E-state index in [1.807, 2.05) is 0 Å². The van der Waals surface area contributed by atoms with Crippen LogP contribution < -0.4 is 0 Å². The van der Waals surface area contributed by atoms with Gasteiger partial charge in [-0.15, -0.1) is 18.5 Å². The molecule has 0 saturated heterocycles. The zero-order chi connectivity index (χ0) is 7.66. The molecule has 0 aliphatic heterocycles. The fourth-order valence-electron chi connectivity index (χ4n) is 0.996. The molecule has 0 heterocycles. The minimum atomic E-state index is 1.28. The van der Waals surface area contributed by atoms with E-state index in [1.165, 1.54) is 50.8 Å². The molecule has 62 valence electrons. The van der Waals surface area contributed by atoms with Crippen molar-refractivity contribution < 1.29 is 0 Å². The van der Waals surface area contributed by atoms with E-state index >= 15 is 0 Å². The molecule has 0 aromatic carbocycles. The van der Waals surface area contributed by atoms with Crippen LogP contribution in [0.5, 0.6) is 0 Å². The molecule has 0 saturated carbocycles. The lowest BCUT2D eigenvalue weighted by Crippen LogP contribution is -1.80. The number of hydrogen-bond acceptors (Lipinski definition) is 0. The van der Waals surface area contributed by atoms with E-state index in [1.54, 1.807) is 0 Å². The lowest BCUT2D eigenvalue weighted by molar-refractivity contribution is 0.629. The van der Waals surface area contributed by atoms with Gasteiger partial charge >= 0.3 is 0 Å². The van der Waals surface area contributed by atoms with Crippen molar-refractivity contribution in [2.75, 3.05) is 12.3 Å². The van der Waals surface area contributed by atoms with E-state index in [9.17, 15) is 0 Å². The van der Waals surface area contributed by atoms with Gasteiger partial charge in [0.1, 0.15) is 0 Å². The molecule has 0 aromatic heterocycles. The van der Waals surface area contributed by atoms with Gasteiger partial charge in [0.15, 0.2) is 0 Å².